The summed E-state index contributed by atoms with van der Waals surface area (Å²) in [5, 5.41) is 25.8. The molecule has 0 aliphatic heterocycles. The van der Waals surface area contributed by atoms with Crippen molar-refractivity contribution >= 4 is 34.5 Å². The standard InChI is InChI=1S/C27H32N6O3/c34-16-6-15-28-26-31-23(22-24(32-26)33(18-30-22)21-9-4-5-10-21)29-17-27(25(35)36)13-11-20(12-14-27)19-7-2-1-3-8-19/h1-3,7-8,11-13,18,21,34H,4-6,9-10,14-17H2,(H,35,36)(H2,28,29,31,32). The van der Waals surface area contributed by atoms with Crippen molar-refractivity contribution in [3.8, 4) is 0 Å². The van der Waals surface area contributed by atoms with Crippen molar-refractivity contribution in [2.45, 2.75) is 44.6 Å². The number of rotatable bonds is 10. The second-order valence-electron chi connectivity index (χ2n) is 9.54. The first kappa shape index (κ1) is 24.0. The number of aliphatic hydroxyl groups excluding tert-OH is 1. The van der Waals surface area contributed by atoms with Gasteiger partial charge in [-0.2, -0.15) is 9.97 Å². The van der Waals surface area contributed by atoms with Crippen LogP contribution in [0.5, 0.6) is 0 Å². The van der Waals surface area contributed by atoms with Gasteiger partial charge < -0.3 is 25.4 Å². The van der Waals surface area contributed by atoms with Gasteiger partial charge in [-0.05, 0) is 36.8 Å². The Morgan fingerprint density at radius 2 is 1.94 bits per heavy atom. The molecule has 2 heterocycles. The highest BCUT2D eigenvalue weighted by Gasteiger charge is 2.37. The summed E-state index contributed by atoms with van der Waals surface area (Å²) in [6.45, 7) is 0.774. The van der Waals surface area contributed by atoms with E-state index in [0.29, 0.717) is 42.7 Å². The zero-order valence-electron chi connectivity index (χ0n) is 20.2. The molecule has 4 N–H and O–H groups in total. The minimum atomic E-state index is -1.10. The molecule has 1 unspecified atom stereocenters. The molecule has 2 aliphatic rings. The molecule has 1 saturated carbocycles. The van der Waals surface area contributed by atoms with Crippen LogP contribution >= 0.6 is 0 Å². The number of hydrogen-bond donors (Lipinski definition) is 4. The van der Waals surface area contributed by atoms with Crippen LogP contribution < -0.4 is 10.6 Å². The van der Waals surface area contributed by atoms with E-state index in [-0.39, 0.29) is 13.2 Å². The van der Waals surface area contributed by atoms with Crippen LogP contribution in [0.15, 0.2) is 54.9 Å². The summed E-state index contributed by atoms with van der Waals surface area (Å²) in [5.74, 6) is 0.0563. The molecule has 0 bridgehead atoms. The first-order valence-electron chi connectivity index (χ1n) is 12.6. The van der Waals surface area contributed by atoms with Crippen molar-refractivity contribution in [3.05, 3.63) is 60.5 Å². The summed E-state index contributed by atoms with van der Waals surface area (Å²) in [5.41, 5.74) is 2.35. The summed E-state index contributed by atoms with van der Waals surface area (Å²) < 4.78 is 2.12. The Balaban J connectivity index is 1.41. The number of benzene rings is 1. The fourth-order valence-electron chi connectivity index (χ4n) is 4.98. The Morgan fingerprint density at radius 1 is 1.14 bits per heavy atom. The van der Waals surface area contributed by atoms with E-state index in [1.165, 1.54) is 12.8 Å². The van der Waals surface area contributed by atoms with Crippen molar-refractivity contribution in [3.63, 3.8) is 0 Å². The summed E-state index contributed by atoms with van der Waals surface area (Å²) >= 11 is 0. The molecule has 3 aromatic rings. The lowest BCUT2D eigenvalue weighted by molar-refractivity contribution is -0.145. The molecule has 5 rings (SSSR count). The number of carboxylic acids is 1. The van der Waals surface area contributed by atoms with Gasteiger partial charge in [-0.1, -0.05) is 61.4 Å². The zero-order valence-corrected chi connectivity index (χ0v) is 20.2. The quantitative estimate of drug-likeness (QED) is 0.312. The van der Waals surface area contributed by atoms with Crippen LogP contribution in [0, 0.1) is 5.41 Å². The molecule has 0 amide bonds. The van der Waals surface area contributed by atoms with Crippen LogP contribution in [0.4, 0.5) is 11.8 Å². The van der Waals surface area contributed by atoms with E-state index in [4.69, 9.17) is 10.1 Å². The molecule has 9 nitrogen and oxygen atoms in total. The lowest BCUT2D eigenvalue weighted by Gasteiger charge is -2.28. The van der Waals surface area contributed by atoms with E-state index in [1.807, 2.05) is 48.8 Å². The predicted molar refractivity (Wildman–Crippen MR) is 140 cm³/mol. The summed E-state index contributed by atoms with van der Waals surface area (Å²) in [6.07, 6.45) is 13.0. The Bertz CT molecular complexity index is 1280. The Morgan fingerprint density at radius 3 is 2.64 bits per heavy atom. The molecule has 1 atom stereocenters. The topological polar surface area (TPSA) is 125 Å². The van der Waals surface area contributed by atoms with Crippen molar-refractivity contribution in [1.29, 1.82) is 0 Å². The van der Waals surface area contributed by atoms with Crippen molar-refractivity contribution in [2.75, 3.05) is 30.3 Å². The zero-order chi connectivity index (χ0) is 25.0. The summed E-state index contributed by atoms with van der Waals surface area (Å²) in [6, 6.07) is 10.3. The van der Waals surface area contributed by atoms with Gasteiger partial charge in [0.15, 0.2) is 17.0 Å². The average Bonchev–Trinajstić information content (AvgIpc) is 3.58. The number of aliphatic carboxylic acids is 1. The van der Waals surface area contributed by atoms with E-state index >= 15 is 0 Å². The van der Waals surface area contributed by atoms with E-state index in [0.717, 1.165) is 29.6 Å². The van der Waals surface area contributed by atoms with Crippen molar-refractivity contribution < 1.29 is 15.0 Å². The Hall–Kier alpha value is -3.72. The molecule has 1 fully saturated rings. The third kappa shape index (κ3) is 4.83. The Kier molecular flexibility index (Phi) is 6.99. The number of carboxylic acid groups (broad SMARTS) is 1. The molecule has 0 spiro atoms. The molecule has 188 valence electrons. The van der Waals surface area contributed by atoms with Gasteiger partial charge in [-0.3, -0.25) is 4.79 Å². The van der Waals surface area contributed by atoms with Crippen LogP contribution in [0.3, 0.4) is 0 Å². The highest BCUT2D eigenvalue weighted by Crippen LogP contribution is 2.36. The van der Waals surface area contributed by atoms with Gasteiger partial charge in [0.25, 0.3) is 0 Å². The van der Waals surface area contributed by atoms with Gasteiger partial charge in [-0.15, -0.1) is 0 Å². The number of fused-ring (bicyclic) bond motifs is 1. The fourth-order valence-corrected chi connectivity index (χ4v) is 4.98. The number of nitrogens with zero attached hydrogens (tertiary/aromatic N) is 4. The van der Waals surface area contributed by atoms with Crippen LogP contribution in [0.25, 0.3) is 16.7 Å². The molecule has 0 saturated heterocycles. The smallest absolute Gasteiger partial charge is 0.315 e. The molecule has 0 radical (unpaired) electrons. The Labute approximate surface area is 210 Å². The summed E-state index contributed by atoms with van der Waals surface area (Å²) in [4.78, 5) is 26.4. The largest absolute Gasteiger partial charge is 0.481 e. The van der Waals surface area contributed by atoms with Crippen LogP contribution in [-0.2, 0) is 4.79 Å². The van der Waals surface area contributed by atoms with E-state index in [2.05, 4.69) is 25.2 Å². The SMILES string of the molecule is O=C(O)C1(CNc2nc(NCCCO)nc3c2ncn3C2CCCC2)C=CC(c2ccccc2)=CC1. The van der Waals surface area contributed by atoms with Crippen LogP contribution in [0.1, 0.15) is 50.1 Å². The van der Waals surface area contributed by atoms with E-state index in [1.54, 1.807) is 6.08 Å². The number of anilines is 2. The van der Waals surface area contributed by atoms with Crippen molar-refractivity contribution in [2.24, 2.45) is 5.41 Å². The fraction of sp³-hybridized carbons (Fsp3) is 0.407. The minimum Gasteiger partial charge on any atom is -0.481 e. The van der Waals surface area contributed by atoms with Gasteiger partial charge in [0.1, 0.15) is 5.41 Å². The normalized spacial score (nSPS) is 20.0. The molecule has 9 heteroatoms. The maximum Gasteiger partial charge on any atom is 0.315 e. The number of allylic oxidation sites excluding steroid dienone is 3. The highest BCUT2D eigenvalue weighted by atomic mass is 16.4. The molecular formula is C27H32N6O3. The van der Waals surface area contributed by atoms with Crippen molar-refractivity contribution in [1.82, 2.24) is 19.5 Å². The monoisotopic (exact) mass is 488 g/mol. The number of carbonyl (C=O) groups is 1. The average molecular weight is 489 g/mol. The van der Waals surface area contributed by atoms with E-state index < -0.39 is 11.4 Å². The highest BCUT2D eigenvalue weighted by molar-refractivity contribution is 5.86. The van der Waals surface area contributed by atoms with Gasteiger partial charge in [-0.25, -0.2) is 4.98 Å². The second-order valence-corrected chi connectivity index (χ2v) is 9.54. The second kappa shape index (κ2) is 10.5. The lowest BCUT2D eigenvalue weighted by atomic mass is 9.79. The van der Waals surface area contributed by atoms with Gasteiger partial charge >= 0.3 is 5.97 Å². The third-order valence-electron chi connectivity index (χ3n) is 7.13. The first-order valence-corrected chi connectivity index (χ1v) is 12.6. The van der Waals surface area contributed by atoms with Crippen LogP contribution in [0.2, 0.25) is 0 Å². The third-order valence-corrected chi connectivity index (χ3v) is 7.13. The number of aliphatic hydroxyl groups is 1. The molecule has 2 aromatic heterocycles. The molecule has 2 aliphatic carbocycles. The summed E-state index contributed by atoms with van der Waals surface area (Å²) in [7, 11) is 0. The minimum absolute atomic E-state index is 0.0757. The number of aromatic nitrogens is 4. The molecular weight excluding hydrogens is 456 g/mol. The number of imidazole rings is 1. The number of hydrogen-bond acceptors (Lipinski definition) is 7. The maximum absolute atomic E-state index is 12.4. The molecule has 1 aromatic carbocycles. The first-order chi connectivity index (χ1) is 17.6. The van der Waals surface area contributed by atoms with Crippen LogP contribution in [-0.4, -0.2) is 55.4 Å². The van der Waals surface area contributed by atoms with Gasteiger partial charge in [0, 0.05) is 25.7 Å². The lowest BCUT2D eigenvalue weighted by Crippen LogP contribution is -2.37. The maximum atomic E-state index is 12.4. The van der Waals surface area contributed by atoms with E-state index in [9.17, 15) is 9.90 Å². The van der Waals surface area contributed by atoms with Gasteiger partial charge in [0.2, 0.25) is 5.95 Å². The predicted octanol–water partition coefficient (Wildman–Crippen LogP) is 4.26. The van der Waals surface area contributed by atoms with Gasteiger partial charge in [0.05, 0.1) is 6.33 Å². The molecule has 36 heavy (non-hydrogen) atoms. The number of nitrogens with one attached hydrogen (secondary N) is 2.